The molecule has 0 rings (SSSR count). The molecule has 0 aliphatic rings. The fourth-order valence-corrected chi connectivity index (χ4v) is 0.361. The van der Waals surface area contributed by atoms with Crippen molar-refractivity contribution in [1.82, 2.24) is 0 Å². The number of rotatable bonds is 2. The van der Waals surface area contributed by atoms with Gasteiger partial charge in [0, 0.05) is 6.42 Å². The Morgan fingerprint density at radius 2 is 2.44 bits per heavy atom. The van der Waals surface area contributed by atoms with Crippen molar-refractivity contribution in [1.29, 1.82) is 0 Å². The third-order valence-electron chi connectivity index (χ3n) is 0.848. The van der Waals surface area contributed by atoms with Crippen LogP contribution in [0.3, 0.4) is 0 Å². The molecule has 1 heteroatoms. The second-order valence-electron chi connectivity index (χ2n) is 1.75. The number of aliphatic hydroxyl groups is 1. The van der Waals surface area contributed by atoms with E-state index >= 15 is 0 Å². The second-order valence-corrected chi connectivity index (χ2v) is 1.75. The zero-order chi connectivity index (χ0) is 7.11. The molecule has 0 heterocycles. The average Bonchev–Trinajstić information content (AvgIpc) is 1.89. The summed E-state index contributed by atoms with van der Waals surface area (Å²) in [4.78, 5) is 0. The lowest BCUT2D eigenvalue weighted by Crippen LogP contribution is -1.94. The zero-order valence-electron chi connectivity index (χ0n) is 5.72. The standard InChI is InChI=1S/C8H12O/c1-3-5-6-7-8(9)4-2/h4,8-9H,2-3,5H2,1H3. The topological polar surface area (TPSA) is 20.2 Å². The van der Waals surface area contributed by atoms with Crippen molar-refractivity contribution in [2.45, 2.75) is 25.9 Å². The van der Waals surface area contributed by atoms with E-state index in [4.69, 9.17) is 5.11 Å². The minimum atomic E-state index is -0.642. The van der Waals surface area contributed by atoms with Gasteiger partial charge in [-0.25, -0.2) is 0 Å². The Balaban J connectivity index is 3.45. The van der Waals surface area contributed by atoms with Crippen LogP contribution in [0.2, 0.25) is 0 Å². The largest absolute Gasteiger partial charge is 0.377 e. The van der Waals surface area contributed by atoms with Crippen LogP contribution in [0.25, 0.3) is 0 Å². The van der Waals surface area contributed by atoms with Gasteiger partial charge in [0.15, 0.2) is 0 Å². The summed E-state index contributed by atoms with van der Waals surface area (Å²) in [6.45, 7) is 5.44. The van der Waals surface area contributed by atoms with Crippen molar-refractivity contribution in [2.75, 3.05) is 0 Å². The van der Waals surface area contributed by atoms with Crippen LogP contribution in [0.1, 0.15) is 19.8 Å². The molecule has 0 bridgehead atoms. The quantitative estimate of drug-likeness (QED) is 0.435. The molecule has 0 spiro atoms. The van der Waals surface area contributed by atoms with Gasteiger partial charge in [-0.3, -0.25) is 0 Å². The molecule has 0 aromatic heterocycles. The molecule has 0 aliphatic carbocycles. The monoisotopic (exact) mass is 124 g/mol. The van der Waals surface area contributed by atoms with Gasteiger partial charge in [-0.15, -0.1) is 5.92 Å². The fraction of sp³-hybridized carbons (Fsp3) is 0.500. The fourth-order valence-electron chi connectivity index (χ4n) is 0.361. The van der Waals surface area contributed by atoms with Gasteiger partial charge in [-0.05, 0) is 6.42 Å². The Labute approximate surface area is 56.4 Å². The third-order valence-corrected chi connectivity index (χ3v) is 0.848. The van der Waals surface area contributed by atoms with E-state index in [0.29, 0.717) is 0 Å². The van der Waals surface area contributed by atoms with Gasteiger partial charge in [0.05, 0.1) is 0 Å². The number of aliphatic hydroxyl groups excluding tert-OH is 1. The summed E-state index contributed by atoms with van der Waals surface area (Å²) in [5.74, 6) is 5.44. The summed E-state index contributed by atoms with van der Waals surface area (Å²) in [6.07, 6.45) is 2.67. The van der Waals surface area contributed by atoms with E-state index in [9.17, 15) is 0 Å². The highest BCUT2D eigenvalue weighted by Gasteiger charge is 1.84. The summed E-state index contributed by atoms with van der Waals surface area (Å²) >= 11 is 0. The Hall–Kier alpha value is -0.740. The second kappa shape index (κ2) is 5.40. The van der Waals surface area contributed by atoms with Gasteiger partial charge in [0.25, 0.3) is 0 Å². The van der Waals surface area contributed by atoms with Gasteiger partial charge < -0.3 is 5.11 Å². The minimum absolute atomic E-state index is 0.642. The first-order valence-corrected chi connectivity index (χ1v) is 3.10. The molecule has 0 fully saturated rings. The van der Waals surface area contributed by atoms with Crippen molar-refractivity contribution >= 4 is 0 Å². The van der Waals surface area contributed by atoms with Crippen LogP contribution in [0, 0.1) is 11.8 Å². The van der Waals surface area contributed by atoms with Crippen molar-refractivity contribution in [3.05, 3.63) is 12.7 Å². The van der Waals surface area contributed by atoms with E-state index in [1.165, 1.54) is 6.08 Å². The first-order chi connectivity index (χ1) is 4.31. The van der Waals surface area contributed by atoms with Gasteiger partial charge in [0.1, 0.15) is 6.10 Å². The van der Waals surface area contributed by atoms with Crippen LogP contribution in [0.15, 0.2) is 12.7 Å². The van der Waals surface area contributed by atoms with E-state index in [-0.39, 0.29) is 0 Å². The van der Waals surface area contributed by atoms with Crippen molar-refractivity contribution in [3.8, 4) is 11.8 Å². The van der Waals surface area contributed by atoms with E-state index in [2.05, 4.69) is 25.3 Å². The zero-order valence-corrected chi connectivity index (χ0v) is 5.72. The van der Waals surface area contributed by atoms with E-state index in [1.807, 2.05) is 0 Å². The Morgan fingerprint density at radius 1 is 1.78 bits per heavy atom. The average molecular weight is 124 g/mol. The molecule has 0 saturated heterocycles. The van der Waals surface area contributed by atoms with E-state index in [0.717, 1.165) is 12.8 Å². The van der Waals surface area contributed by atoms with Crippen LogP contribution < -0.4 is 0 Å². The predicted octanol–water partition coefficient (Wildman–Crippen LogP) is 1.34. The van der Waals surface area contributed by atoms with Crippen LogP contribution >= 0.6 is 0 Å². The maximum absolute atomic E-state index is 8.79. The summed E-state index contributed by atoms with van der Waals surface area (Å²) in [7, 11) is 0. The summed E-state index contributed by atoms with van der Waals surface area (Å²) in [6, 6.07) is 0. The lowest BCUT2D eigenvalue weighted by molar-refractivity contribution is 0.281. The van der Waals surface area contributed by atoms with Crippen LogP contribution in [0.4, 0.5) is 0 Å². The molecule has 1 unspecified atom stereocenters. The molecule has 50 valence electrons. The summed E-state index contributed by atoms with van der Waals surface area (Å²) in [5, 5.41) is 8.79. The lowest BCUT2D eigenvalue weighted by atomic mass is 10.3. The van der Waals surface area contributed by atoms with E-state index < -0.39 is 6.10 Å². The highest BCUT2D eigenvalue weighted by Crippen LogP contribution is 1.83. The number of hydrogen-bond acceptors (Lipinski definition) is 1. The van der Waals surface area contributed by atoms with Crippen molar-refractivity contribution in [3.63, 3.8) is 0 Å². The normalized spacial score (nSPS) is 11.3. The molecule has 1 atom stereocenters. The Morgan fingerprint density at radius 3 is 2.89 bits per heavy atom. The van der Waals surface area contributed by atoms with Crippen LogP contribution in [-0.2, 0) is 0 Å². The van der Waals surface area contributed by atoms with Gasteiger partial charge in [0.2, 0.25) is 0 Å². The van der Waals surface area contributed by atoms with Crippen LogP contribution in [-0.4, -0.2) is 11.2 Å². The van der Waals surface area contributed by atoms with Crippen molar-refractivity contribution in [2.24, 2.45) is 0 Å². The highest BCUT2D eigenvalue weighted by atomic mass is 16.3. The van der Waals surface area contributed by atoms with E-state index in [1.54, 1.807) is 0 Å². The van der Waals surface area contributed by atoms with Gasteiger partial charge in [-0.2, -0.15) is 0 Å². The number of hydrogen-bond donors (Lipinski definition) is 1. The molecule has 1 nitrogen and oxygen atoms in total. The molecule has 0 aromatic carbocycles. The van der Waals surface area contributed by atoms with Crippen molar-refractivity contribution < 1.29 is 5.11 Å². The Kier molecular flexibility index (Phi) is 4.95. The SMILES string of the molecule is C=CC(O)C#CCCC. The predicted molar refractivity (Wildman–Crippen MR) is 38.9 cm³/mol. The number of unbranched alkanes of at least 4 members (excludes halogenated alkanes) is 1. The minimum Gasteiger partial charge on any atom is -0.377 e. The summed E-state index contributed by atoms with van der Waals surface area (Å²) in [5.41, 5.74) is 0. The molecule has 1 N–H and O–H groups in total. The maximum atomic E-state index is 8.79. The Bertz CT molecular complexity index is 127. The first-order valence-electron chi connectivity index (χ1n) is 3.10. The molecule has 0 amide bonds. The molecule has 0 aromatic rings. The molecule has 9 heavy (non-hydrogen) atoms. The molecule has 0 saturated carbocycles. The molecular formula is C8H12O. The molecule has 0 radical (unpaired) electrons. The van der Waals surface area contributed by atoms with Gasteiger partial charge >= 0.3 is 0 Å². The van der Waals surface area contributed by atoms with Gasteiger partial charge in [-0.1, -0.05) is 25.5 Å². The molecular weight excluding hydrogens is 112 g/mol. The first kappa shape index (κ1) is 8.26. The highest BCUT2D eigenvalue weighted by molar-refractivity contribution is 5.09. The summed E-state index contributed by atoms with van der Waals surface area (Å²) < 4.78 is 0. The lowest BCUT2D eigenvalue weighted by Gasteiger charge is -1.88. The molecule has 0 aliphatic heterocycles. The third kappa shape index (κ3) is 5.13. The maximum Gasteiger partial charge on any atom is 0.133 e. The van der Waals surface area contributed by atoms with Crippen LogP contribution in [0.5, 0.6) is 0 Å². The smallest absolute Gasteiger partial charge is 0.133 e.